The molecule has 0 aliphatic rings. The van der Waals surface area contributed by atoms with Crippen LogP contribution < -0.4 is 4.98 Å². The Kier molecular flexibility index (Phi) is 7.23. The third kappa shape index (κ3) is 5.08. The van der Waals surface area contributed by atoms with E-state index >= 15 is 0 Å². The second-order valence-electron chi connectivity index (χ2n) is 2.89. The topological polar surface area (TPSA) is 56.8 Å². The van der Waals surface area contributed by atoms with E-state index in [0.29, 0.717) is 6.42 Å². The third-order valence-corrected chi connectivity index (χ3v) is 3.38. The van der Waals surface area contributed by atoms with Crippen molar-refractivity contribution in [3.8, 4) is 0 Å². The zero-order valence-corrected chi connectivity index (χ0v) is 11.0. The average molecular weight is 233 g/mol. The predicted octanol–water partition coefficient (Wildman–Crippen LogP) is -0.226. The summed E-state index contributed by atoms with van der Waals surface area (Å²) in [6.45, 7) is 3.37. The molecule has 0 aliphatic heterocycles. The maximum Gasteiger partial charge on any atom is 0.281 e. The van der Waals surface area contributed by atoms with E-state index in [1.165, 1.54) is 27.4 Å². The van der Waals surface area contributed by atoms with E-state index in [2.05, 4.69) is 11.6 Å². The van der Waals surface area contributed by atoms with Gasteiger partial charge in [-0.1, -0.05) is 6.58 Å². The highest BCUT2D eigenvalue weighted by atomic mass is 28.2. The molecule has 0 radical (unpaired) electrons. The number of carbonyl (C=O) groups excluding carboxylic acids is 1. The molecule has 88 valence electrons. The van der Waals surface area contributed by atoms with Gasteiger partial charge in [0.05, 0.1) is 0 Å². The summed E-state index contributed by atoms with van der Waals surface area (Å²) in [5.41, 5.74) is 0. The van der Waals surface area contributed by atoms with Crippen LogP contribution in [0.15, 0.2) is 12.7 Å². The summed E-state index contributed by atoms with van der Waals surface area (Å²) in [5, 5.41) is 0. The summed E-state index contributed by atoms with van der Waals surface area (Å²) in [5.74, 6) is -1.11. The summed E-state index contributed by atoms with van der Waals surface area (Å²) in [4.78, 5) is 13.6. The van der Waals surface area contributed by atoms with Crippen molar-refractivity contribution in [2.75, 3.05) is 21.3 Å². The molecule has 0 aromatic carbocycles. The van der Waals surface area contributed by atoms with Gasteiger partial charge in [0.15, 0.2) is 0 Å². The molecule has 0 rings (SSSR count). The Morgan fingerprint density at radius 3 is 2.33 bits per heavy atom. The third-order valence-electron chi connectivity index (χ3n) is 2.08. The van der Waals surface area contributed by atoms with Crippen molar-refractivity contribution in [3.05, 3.63) is 12.7 Å². The van der Waals surface area contributed by atoms with Gasteiger partial charge in [0.1, 0.15) is 9.68 Å². The van der Waals surface area contributed by atoms with Gasteiger partial charge in [0.2, 0.25) is 5.91 Å². The van der Waals surface area contributed by atoms with Gasteiger partial charge in [-0.3, -0.25) is 4.79 Å². The van der Waals surface area contributed by atoms with Gasteiger partial charge < -0.3 is 19.2 Å². The summed E-state index contributed by atoms with van der Waals surface area (Å²) >= 11 is 0. The lowest BCUT2D eigenvalue weighted by atomic mass is 10.4. The van der Waals surface area contributed by atoms with Crippen LogP contribution >= 0.6 is 0 Å². The maximum absolute atomic E-state index is 10.9. The molecule has 15 heavy (non-hydrogen) atoms. The molecule has 0 aromatic heterocycles. The number of rotatable bonds is 8. The highest BCUT2D eigenvalue weighted by Gasteiger charge is 2.28. The van der Waals surface area contributed by atoms with Crippen molar-refractivity contribution < 1.29 is 19.0 Å². The molecule has 0 spiro atoms. The molecule has 0 fully saturated rings. The highest BCUT2D eigenvalue weighted by molar-refractivity contribution is 6.37. The second kappa shape index (κ2) is 7.58. The zero-order chi connectivity index (χ0) is 11.7. The van der Waals surface area contributed by atoms with E-state index in [9.17, 15) is 4.79 Å². The average Bonchev–Trinajstić information content (AvgIpc) is 2.30. The van der Waals surface area contributed by atoms with Crippen molar-refractivity contribution in [2.24, 2.45) is 0 Å². The Balaban J connectivity index is 3.81. The lowest BCUT2D eigenvalue weighted by Gasteiger charge is -2.28. The van der Waals surface area contributed by atoms with Crippen LogP contribution in [0.1, 0.15) is 6.42 Å². The number of methoxy groups -OCH3 is 3. The standard InChI is InChI=1S/C9H19NO4Si/c1-5-8(11)10-15-7-6-9(12-2,13-3)14-4/h5H,1,6-7,15H2,2-4H3,(H,10,11). The smallest absolute Gasteiger partial charge is 0.281 e. The van der Waals surface area contributed by atoms with Crippen LogP contribution in [-0.4, -0.2) is 42.9 Å². The Bertz CT molecular complexity index is 198. The van der Waals surface area contributed by atoms with Gasteiger partial charge in [-0.25, -0.2) is 0 Å². The van der Waals surface area contributed by atoms with Crippen LogP contribution in [0.5, 0.6) is 0 Å². The number of nitrogens with one attached hydrogen (secondary N) is 1. The molecule has 0 heterocycles. The highest BCUT2D eigenvalue weighted by Crippen LogP contribution is 2.18. The summed E-state index contributed by atoms with van der Waals surface area (Å²) in [6.07, 6.45) is 1.86. The molecule has 0 aromatic rings. The van der Waals surface area contributed by atoms with Crippen LogP contribution in [-0.2, 0) is 19.0 Å². The van der Waals surface area contributed by atoms with Crippen LogP contribution in [0, 0.1) is 0 Å². The molecule has 0 unspecified atom stereocenters. The van der Waals surface area contributed by atoms with Gasteiger partial charge in [-0.2, -0.15) is 0 Å². The lowest BCUT2D eigenvalue weighted by molar-refractivity contribution is -0.352. The first-order valence-corrected chi connectivity index (χ1v) is 6.40. The lowest BCUT2D eigenvalue weighted by Crippen LogP contribution is -2.37. The molecule has 0 atom stereocenters. The van der Waals surface area contributed by atoms with Gasteiger partial charge in [-0.15, -0.1) is 0 Å². The normalized spacial score (nSPS) is 11.9. The SMILES string of the molecule is C=CC(=O)N[SiH2]CCC(OC)(OC)OC. The molecule has 0 bridgehead atoms. The monoisotopic (exact) mass is 233 g/mol. The van der Waals surface area contributed by atoms with E-state index in [-0.39, 0.29) is 5.91 Å². The Morgan fingerprint density at radius 2 is 1.93 bits per heavy atom. The molecule has 1 N–H and O–H groups in total. The fourth-order valence-corrected chi connectivity index (χ4v) is 2.32. The van der Waals surface area contributed by atoms with E-state index < -0.39 is 15.7 Å². The first kappa shape index (κ1) is 14.3. The number of hydrogen-bond donors (Lipinski definition) is 1. The van der Waals surface area contributed by atoms with Crippen molar-refractivity contribution in [2.45, 2.75) is 18.4 Å². The summed E-state index contributed by atoms with van der Waals surface area (Å²) < 4.78 is 15.3. The van der Waals surface area contributed by atoms with E-state index in [1.54, 1.807) is 0 Å². The Morgan fingerprint density at radius 1 is 1.40 bits per heavy atom. The molecule has 1 amide bonds. The largest absolute Gasteiger partial charge is 0.384 e. The molecule has 6 heteroatoms. The van der Waals surface area contributed by atoms with Crippen molar-refractivity contribution >= 4 is 15.6 Å². The van der Waals surface area contributed by atoms with Crippen LogP contribution in [0.2, 0.25) is 6.04 Å². The second-order valence-corrected chi connectivity index (χ2v) is 4.45. The fourth-order valence-electron chi connectivity index (χ4n) is 1.14. The van der Waals surface area contributed by atoms with Crippen molar-refractivity contribution in [3.63, 3.8) is 0 Å². The van der Waals surface area contributed by atoms with Gasteiger partial charge in [0, 0.05) is 27.8 Å². The quantitative estimate of drug-likeness (QED) is 0.272. The number of ether oxygens (including phenoxy) is 3. The van der Waals surface area contributed by atoms with Crippen LogP contribution in [0.3, 0.4) is 0 Å². The molecule has 0 saturated heterocycles. The Hall–Kier alpha value is -0.693. The molecular weight excluding hydrogens is 214 g/mol. The predicted molar refractivity (Wildman–Crippen MR) is 60.1 cm³/mol. The van der Waals surface area contributed by atoms with Crippen molar-refractivity contribution in [1.29, 1.82) is 0 Å². The van der Waals surface area contributed by atoms with E-state index in [0.717, 1.165) is 6.04 Å². The van der Waals surface area contributed by atoms with Gasteiger partial charge in [0.25, 0.3) is 5.97 Å². The number of carbonyl (C=O) groups is 1. The summed E-state index contributed by atoms with van der Waals surface area (Å²) in [7, 11) is 3.91. The molecular formula is C9H19NO4Si. The number of amides is 1. The van der Waals surface area contributed by atoms with E-state index in [1.807, 2.05) is 0 Å². The van der Waals surface area contributed by atoms with Crippen LogP contribution in [0.4, 0.5) is 0 Å². The van der Waals surface area contributed by atoms with Gasteiger partial charge >= 0.3 is 0 Å². The van der Waals surface area contributed by atoms with Crippen molar-refractivity contribution in [1.82, 2.24) is 4.98 Å². The molecule has 0 saturated carbocycles. The minimum absolute atomic E-state index is 0.125. The number of hydrogen-bond acceptors (Lipinski definition) is 4. The molecule has 0 aliphatic carbocycles. The zero-order valence-electron chi connectivity index (χ0n) is 9.54. The first-order valence-electron chi connectivity index (χ1n) is 4.70. The molecule has 5 nitrogen and oxygen atoms in total. The minimum atomic E-state index is -0.980. The Labute approximate surface area is 92.7 Å². The minimum Gasteiger partial charge on any atom is -0.384 e. The summed E-state index contributed by atoms with van der Waals surface area (Å²) in [6, 6.07) is 0.828. The van der Waals surface area contributed by atoms with E-state index in [4.69, 9.17) is 14.2 Å². The fraction of sp³-hybridized carbons (Fsp3) is 0.667. The van der Waals surface area contributed by atoms with Gasteiger partial charge in [-0.05, 0) is 12.1 Å². The van der Waals surface area contributed by atoms with Crippen LogP contribution in [0.25, 0.3) is 0 Å². The first-order chi connectivity index (χ1) is 7.14. The maximum atomic E-state index is 10.9.